The van der Waals surface area contributed by atoms with Gasteiger partial charge in [-0.25, -0.2) is 0 Å². The number of halogens is 1. The first kappa shape index (κ1) is 26.7. The summed E-state index contributed by atoms with van der Waals surface area (Å²) in [4.78, 5) is 28.4. The fourth-order valence-corrected chi connectivity index (χ4v) is 5.06. The van der Waals surface area contributed by atoms with Gasteiger partial charge in [-0.05, 0) is 74.1 Å². The number of amides is 2. The van der Waals surface area contributed by atoms with Crippen molar-refractivity contribution in [3.05, 3.63) is 99.4 Å². The number of hydrogen-bond donors (Lipinski definition) is 1. The summed E-state index contributed by atoms with van der Waals surface area (Å²) in [5.74, 6) is -0.201. The van der Waals surface area contributed by atoms with Gasteiger partial charge in [0.2, 0.25) is 0 Å². The summed E-state index contributed by atoms with van der Waals surface area (Å²) in [5, 5.41) is 1.61. The molecular weight excluding hydrogens is 526 g/mol. The van der Waals surface area contributed by atoms with Gasteiger partial charge >= 0.3 is 0 Å². The molecule has 4 rings (SSSR count). The molecule has 1 fully saturated rings. The molecule has 3 aromatic carbocycles. The number of thioether (sulfide) groups is 1. The van der Waals surface area contributed by atoms with Crippen molar-refractivity contribution in [2.45, 2.75) is 20.5 Å². The van der Waals surface area contributed by atoms with Gasteiger partial charge in [-0.1, -0.05) is 53.7 Å². The summed E-state index contributed by atoms with van der Waals surface area (Å²) in [7, 11) is 0. The van der Waals surface area contributed by atoms with E-state index in [2.05, 4.69) is 24.2 Å². The van der Waals surface area contributed by atoms with E-state index in [-0.39, 0.29) is 4.32 Å². The lowest BCUT2D eigenvalue weighted by atomic mass is 10.1. The first-order valence-corrected chi connectivity index (χ1v) is 13.4. The summed E-state index contributed by atoms with van der Waals surface area (Å²) in [6, 6.07) is 22.2. The van der Waals surface area contributed by atoms with Crippen molar-refractivity contribution >= 4 is 63.5 Å². The van der Waals surface area contributed by atoms with Crippen LogP contribution in [0.3, 0.4) is 0 Å². The Labute approximate surface area is 231 Å². The van der Waals surface area contributed by atoms with Gasteiger partial charge in [-0.15, -0.1) is 0 Å². The second kappa shape index (κ2) is 12.3. The first-order valence-electron chi connectivity index (χ1n) is 11.8. The SMILES string of the molecule is CCN(CC)c1ccc(/C=C2/SC(=S)N(NC(=O)c3ccc(Cl)cc3)C2=O)c(OCc2ccccc2)c1. The van der Waals surface area contributed by atoms with Crippen molar-refractivity contribution in [3.8, 4) is 5.75 Å². The molecular formula is C28H26ClN3O3S2. The Balaban J connectivity index is 1.58. The largest absolute Gasteiger partial charge is 0.488 e. The molecule has 0 spiro atoms. The van der Waals surface area contributed by atoms with Crippen LogP contribution in [0, 0.1) is 0 Å². The molecule has 1 aliphatic heterocycles. The van der Waals surface area contributed by atoms with Crippen LogP contribution in [-0.2, 0) is 11.4 Å². The van der Waals surface area contributed by atoms with E-state index in [4.69, 9.17) is 28.6 Å². The number of hydrogen-bond acceptors (Lipinski definition) is 6. The van der Waals surface area contributed by atoms with E-state index in [9.17, 15) is 9.59 Å². The summed E-state index contributed by atoms with van der Waals surface area (Å²) < 4.78 is 6.46. The number of nitrogens with one attached hydrogen (secondary N) is 1. The highest BCUT2D eigenvalue weighted by Crippen LogP contribution is 2.35. The van der Waals surface area contributed by atoms with Gasteiger partial charge in [0.1, 0.15) is 12.4 Å². The minimum atomic E-state index is -0.454. The molecule has 0 saturated carbocycles. The summed E-state index contributed by atoms with van der Waals surface area (Å²) in [6.45, 7) is 6.32. The summed E-state index contributed by atoms with van der Waals surface area (Å²) in [6.07, 6.45) is 1.75. The molecule has 6 nitrogen and oxygen atoms in total. The van der Waals surface area contributed by atoms with Crippen molar-refractivity contribution in [2.75, 3.05) is 18.0 Å². The number of carbonyl (C=O) groups is 2. The molecule has 9 heteroatoms. The topological polar surface area (TPSA) is 61.9 Å². The summed E-state index contributed by atoms with van der Waals surface area (Å²) in [5.41, 5.74) is 5.78. The predicted molar refractivity (Wildman–Crippen MR) is 155 cm³/mol. The van der Waals surface area contributed by atoms with Crippen molar-refractivity contribution in [1.82, 2.24) is 10.4 Å². The monoisotopic (exact) mass is 551 g/mol. The van der Waals surface area contributed by atoms with Crippen LogP contribution in [0.5, 0.6) is 5.75 Å². The highest BCUT2D eigenvalue weighted by Gasteiger charge is 2.34. The molecule has 0 unspecified atom stereocenters. The van der Waals surface area contributed by atoms with Crippen molar-refractivity contribution < 1.29 is 14.3 Å². The zero-order valence-corrected chi connectivity index (χ0v) is 22.8. The number of anilines is 1. The molecule has 37 heavy (non-hydrogen) atoms. The summed E-state index contributed by atoms with van der Waals surface area (Å²) >= 11 is 12.4. The van der Waals surface area contributed by atoms with E-state index >= 15 is 0 Å². The molecule has 3 aromatic rings. The third-order valence-electron chi connectivity index (χ3n) is 5.76. The minimum absolute atomic E-state index is 0.241. The number of hydrazine groups is 1. The lowest BCUT2D eigenvalue weighted by molar-refractivity contribution is -0.123. The average molecular weight is 552 g/mol. The Hall–Kier alpha value is -3.33. The highest BCUT2D eigenvalue weighted by atomic mass is 35.5. The fraction of sp³-hybridized carbons (Fsp3) is 0.179. The van der Waals surface area contributed by atoms with Crippen LogP contribution in [0.2, 0.25) is 5.02 Å². The Kier molecular flexibility index (Phi) is 8.87. The normalized spacial score (nSPS) is 14.2. The van der Waals surface area contributed by atoms with Gasteiger partial charge in [0.15, 0.2) is 4.32 Å². The molecule has 1 N–H and O–H groups in total. The van der Waals surface area contributed by atoms with Crippen molar-refractivity contribution in [3.63, 3.8) is 0 Å². The second-order valence-electron chi connectivity index (χ2n) is 8.13. The number of carbonyl (C=O) groups excluding carboxylic acids is 2. The van der Waals surface area contributed by atoms with Crippen LogP contribution in [0.1, 0.15) is 35.3 Å². The molecule has 2 amide bonds. The standard InChI is InChI=1S/C28H26ClN3O3S2/c1-3-31(4-2)23-15-12-21(24(17-23)35-18-19-8-6-5-7-9-19)16-25-27(34)32(28(36)37-25)30-26(33)20-10-13-22(29)14-11-20/h5-17H,3-4,18H2,1-2H3,(H,30,33)/b25-16+. The van der Waals surface area contributed by atoms with Crippen molar-refractivity contribution in [2.24, 2.45) is 0 Å². The van der Waals surface area contributed by atoms with Gasteiger partial charge in [0.25, 0.3) is 11.8 Å². The van der Waals surface area contributed by atoms with Gasteiger partial charge in [-0.2, -0.15) is 5.01 Å². The molecule has 190 valence electrons. The third-order valence-corrected chi connectivity index (χ3v) is 7.32. The molecule has 0 radical (unpaired) electrons. The van der Waals surface area contributed by atoms with Crippen LogP contribution < -0.4 is 15.1 Å². The second-order valence-corrected chi connectivity index (χ2v) is 10.2. The zero-order chi connectivity index (χ0) is 26.4. The fourth-order valence-electron chi connectivity index (χ4n) is 3.76. The Morgan fingerprint density at radius 2 is 1.78 bits per heavy atom. The number of thiocarbonyl (C=S) groups is 1. The molecule has 0 bridgehead atoms. The van der Waals surface area contributed by atoms with E-state index < -0.39 is 11.8 Å². The van der Waals surface area contributed by atoms with Crippen LogP contribution in [-0.4, -0.2) is 34.2 Å². The van der Waals surface area contributed by atoms with E-state index in [1.165, 1.54) is 0 Å². The maximum Gasteiger partial charge on any atom is 0.285 e. The lowest BCUT2D eigenvalue weighted by Gasteiger charge is -2.22. The number of benzene rings is 3. The van der Waals surface area contributed by atoms with Gasteiger partial charge < -0.3 is 9.64 Å². The molecule has 0 aliphatic carbocycles. The first-order chi connectivity index (χ1) is 17.9. The van der Waals surface area contributed by atoms with Crippen molar-refractivity contribution in [1.29, 1.82) is 0 Å². The smallest absolute Gasteiger partial charge is 0.285 e. The van der Waals surface area contributed by atoms with E-state index in [0.29, 0.717) is 27.8 Å². The molecule has 1 heterocycles. The maximum atomic E-state index is 13.2. The van der Waals surface area contributed by atoms with Crippen LogP contribution >= 0.6 is 35.6 Å². The van der Waals surface area contributed by atoms with Crippen LogP contribution in [0.25, 0.3) is 6.08 Å². The number of nitrogens with zero attached hydrogens (tertiary/aromatic N) is 2. The number of ether oxygens (including phenoxy) is 1. The molecule has 0 aromatic heterocycles. The quantitative estimate of drug-likeness (QED) is 0.248. The van der Waals surface area contributed by atoms with E-state index in [0.717, 1.165) is 46.7 Å². The van der Waals surface area contributed by atoms with Gasteiger partial charge in [0, 0.05) is 41.0 Å². The Morgan fingerprint density at radius 1 is 1.08 bits per heavy atom. The Bertz CT molecular complexity index is 1330. The van der Waals surface area contributed by atoms with Gasteiger partial charge in [0.05, 0.1) is 4.91 Å². The molecule has 0 atom stereocenters. The third kappa shape index (κ3) is 6.52. The van der Waals surface area contributed by atoms with E-state index in [1.54, 1.807) is 30.3 Å². The minimum Gasteiger partial charge on any atom is -0.488 e. The van der Waals surface area contributed by atoms with Gasteiger partial charge in [-0.3, -0.25) is 15.0 Å². The predicted octanol–water partition coefficient (Wildman–Crippen LogP) is 6.31. The molecule has 1 aliphatic rings. The van der Waals surface area contributed by atoms with Crippen LogP contribution in [0.4, 0.5) is 5.69 Å². The highest BCUT2D eigenvalue weighted by molar-refractivity contribution is 8.26. The molecule has 1 saturated heterocycles. The zero-order valence-electron chi connectivity index (χ0n) is 20.4. The lowest BCUT2D eigenvalue weighted by Crippen LogP contribution is -2.44. The number of rotatable bonds is 9. The average Bonchev–Trinajstić information content (AvgIpc) is 3.17. The maximum absolute atomic E-state index is 13.2. The van der Waals surface area contributed by atoms with Crippen LogP contribution in [0.15, 0.2) is 77.7 Å². The van der Waals surface area contributed by atoms with E-state index in [1.807, 2.05) is 48.5 Å². The Morgan fingerprint density at radius 3 is 2.46 bits per heavy atom.